The van der Waals surface area contributed by atoms with E-state index < -0.39 is 5.91 Å². The summed E-state index contributed by atoms with van der Waals surface area (Å²) in [5.41, 5.74) is 8.80. The highest BCUT2D eigenvalue weighted by Crippen LogP contribution is 2.35. The first kappa shape index (κ1) is 17.9. The van der Waals surface area contributed by atoms with Gasteiger partial charge in [-0.1, -0.05) is 42.5 Å². The molecule has 0 spiro atoms. The van der Waals surface area contributed by atoms with Crippen LogP contribution in [0.3, 0.4) is 0 Å². The molecule has 0 aliphatic heterocycles. The van der Waals surface area contributed by atoms with Gasteiger partial charge in [0.2, 0.25) is 5.91 Å². The second-order valence-corrected chi connectivity index (χ2v) is 7.86. The maximum atomic E-state index is 14.0. The fourth-order valence-electron chi connectivity index (χ4n) is 4.07. The first-order valence-corrected chi connectivity index (χ1v) is 10.0. The van der Waals surface area contributed by atoms with Crippen LogP contribution >= 0.6 is 15.9 Å². The molecule has 5 heteroatoms. The molecule has 142 valence electrons. The average Bonchev–Trinajstić information content (AvgIpc) is 3.03. The second-order valence-electron chi connectivity index (χ2n) is 7.07. The van der Waals surface area contributed by atoms with Gasteiger partial charge in [-0.25, -0.2) is 4.39 Å². The molecule has 3 nitrogen and oxygen atoms in total. The Labute approximate surface area is 174 Å². The Kier molecular flexibility index (Phi) is 4.14. The molecule has 0 fully saturated rings. The Bertz CT molecular complexity index is 1440. The largest absolute Gasteiger partial charge is 0.366 e. The molecular formula is C24H16BrFN2O. The van der Waals surface area contributed by atoms with E-state index in [0.717, 1.165) is 31.8 Å². The van der Waals surface area contributed by atoms with E-state index in [1.807, 2.05) is 24.3 Å². The van der Waals surface area contributed by atoms with Crippen LogP contribution in [0.5, 0.6) is 0 Å². The minimum Gasteiger partial charge on any atom is -0.366 e. The molecular weight excluding hydrogens is 431 g/mol. The summed E-state index contributed by atoms with van der Waals surface area (Å²) in [6.45, 7) is 0.569. The predicted octanol–water partition coefficient (Wildman–Crippen LogP) is 6.00. The number of fused-ring (bicyclic) bond motifs is 4. The van der Waals surface area contributed by atoms with Gasteiger partial charge >= 0.3 is 0 Å². The lowest BCUT2D eigenvalue weighted by Crippen LogP contribution is -2.11. The summed E-state index contributed by atoms with van der Waals surface area (Å²) in [7, 11) is 0. The summed E-state index contributed by atoms with van der Waals surface area (Å²) in [5, 5.41) is 3.66. The summed E-state index contributed by atoms with van der Waals surface area (Å²) in [4.78, 5) is 12.0. The Morgan fingerprint density at radius 1 is 0.931 bits per heavy atom. The standard InChI is InChI=1S/C24H16BrFN2O/c25-23-15(9-8-14-4-1-2-5-17(14)23)13-28-20-11-10-16(26)12-19(20)22-18(24(27)29)6-3-7-21(22)28/h1-12H,13H2,(H2,27,29). The monoisotopic (exact) mass is 446 g/mol. The van der Waals surface area contributed by atoms with E-state index in [1.54, 1.807) is 12.1 Å². The lowest BCUT2D eigenvalue weighted by atomic mass is 10.1. The highest BCUT2D eigenvalue weighted by Gasteiger charge is 2.18. The van der Waals surface area contributed by atoms with Crippen LogP contribution in [-0.4, -0.2) is 10.5 Å². The van der Waals surface area contributed by atoms with Crippen molar-refractivity contribution in [3.8, 4) is 0 Å². The van der Waals surface area contributed by atoms with Crippen molar-refractivity contribution in [3.63, 3.8) is 0 Å². The van der Waals surface area contributed by atoms with E-state index in [-0.39, 0.29) is 5.82 Å². The van der Waals surface area contributed by atoms with Crippen molar-refractivity contribution in [1.82, 2.24) is 4.57 Å². The average molecular weight is 447 g/mol. The summed E-state index contributed by atoms with van der Waals surface area (Å²) in [6, 6.07) is 22.5. The molecule has 0 atom stereocenters. The molecule has 0 unspecified atom stereocenters. The maximum absolute atomic E-state index is 14.0. The minimum atomic E-state index is -0.522. The SMILES string of the molecule is NC(=O)c1cccc2c1c1cc(F)ccc1n2Cc1ccc2ccccc2c1Br. The number of rotatable bonds is 3. The zero-order valence-corrected chi connectivity index (χ0v) is 16.9. The van der Waals surface area contributed by atoms with E-state index in [1.165, 1.54) is 12.1 Å². The molecule has 1 heterocycles. The van der Waals surface area contributed by atoms with E-state index in [9.17, 15) is 9.18 Å². The Morgan fingerprint density at radius 3 is 2.59 bits per heavy atom. The quantitative estimate of drug-likeness (QED) is 0.363. The van der Waals surface area contributed by atoms with Crippen LogP contribution in [0, 0.1) is 5.82 Å². The molecule has 2 N–H and O–H groups in total. The molecule has 0 aliphatic rings. The zero-order valence-electron chi connectivity index (χ0n) is 15.3. The molecule has 1 aromatic heterocycles. The Balaban J connectivity index is 1.80. The molecule has 0 bridgehead atoms. The number of primary amides is 1. The number of amides is 1. The molecule has 1 amide bonds. The number of carbonyl (C=O) groups is 1. The van der Waals surface area contributed by atoms with Gasteiger partial charge in [0.15, 0.2) is 0 Å². The topological polar surface area (TPSA) is 48.0 Å². The molecule has 5 aromatic rings. The highest BCUT2D eigenvalue weighted by atomic mass is 79.9. The van der Waals surface area contributed by atoms with Crippen LogP contribution in [-0.2, 0) is 6.54 Å². The van der Waals surface area contributed by atoms with Crippen LogP contribution in [0.2, 0.25) is 0 Å². The lowest BCUT2D eigenvalue weighted by Gasteiger charge is -2.12. The fourth-order valence-corrected chi connectivity index (χ4v) is 4.69. The molecule has 4 aromatic carbocycles. The summed E-state index contributed by atoms with van der Waals surface area (Å²) in [5.74, 6) is -0.867. The van der Waals surface area contributed by atoms with Crippen LogP contribution in [0.25, 0.3) is 32.6 Å². The number of carbonyl (C=O) groups excluding carboxylic acids is 1. The van der Waals surface area contributed by atoms with Crippen LogP contribution in [0.15, 0.2) is 77.3 Å². The number of benzene rings is 4. The third kappa shape index (κ3) is 2.81. The van der Waals surface area contributed by atoms with Crippen molar-refractivity contribution in [2.45, 2.75) is 6.54 Å². The molecule has 29 heavy (non-hydrogen) atoms. The number of nitrogens with zero attached hydrogens (tertiary/aromatic N) is 1. The second kappa shape index (κ2) is 6.71. The van der Waals surface area contributed by atoms with Gasteiger partial charge in [-0.05, 0) is 62.6 Å². The number of nitrogens with two attached hydrogens (primary N) is 1. The number of hydrogen-bond donors (Lipinski definition) is 1. The van der Waals surface area contributed by atoms with Crippen LogP contribution in [0.4, 0.5) is 4.39 Å². The number of halogens is 2. The zero-order chi connectivity index (χ0) is 20.1. The first-order valence-electron chi connectivity index (χ1n) is 9.21. The van der Waals surface area contributed by atoms with Gasteiger partial charge in [0.05, 0.1) is 5.52 Å². The van der Waals surface area contributed by atoms with Crippen LogP contribution in [0.1, 0.15) is 15.9 Å². The van der Waals surface area contributed by atoms with Gasteiger partial charge in [0, 0.05) is 32.9 Å². The van der Waals surface area contributed by atoms with E-state index >= 15 is 0 Å². The van der Waals surface area contributed by atoms with Gasteiger partial charge in [0.1, 0.15) is 5.82 Å². The molecule has 5 rings (SSSR count). The molecule has 0 aliphatic carbocycles. The highest BCUT2D eigenvalue weighted by molar-refractivity contribution is 9.10. The van der Waals surface area contributed by atoms with E-state index in [0.29, 0.717) is 22.9 Å². The molecule has 0 saturated heterocycles. The Morgan fingerprint density at radius 2 is 1.76 bits per heavy atom. The van der Waals surface area contributed by atoms with Crippen molar-refractivity contribution in [2.75, 3.05) is 0 Å². The lowest BCUT2D eigenvalue weighted by molar-refractivity contribution is 0.100. The minimum absolute atomic E-state index is 0.345. The maximum Gasteiger partial charge on any atom is 0.249 e. The van der Waals surface area contributed by atoms with Crippen molar-refractivity contribution >= 4 is 54.4 Å². The van der Waals surface area contributed by atoms with Gasteiger partial charge in [0.25, 0.3) is 0 Å². The normalized spacial score (nSPS) is 11.5. The number of hydrogen-bond acceptors (Lipinski definition) is 1. The first-order chi connectivity index (χ1) is 14.0. The number of aromatic nitrogens is 1. The predicted molar refractivity (Wildman–Crippen MR) is 119 cm³/mol. The van der Waals surface area contributed by atoms with E-state index in [2.05, 4.69) is 44.8 Å². The van der Waals surface area contributed by atoms with Crippen LogP contribution < -0.4 is 5.73 Å². The Hall–Kier alpha value is -3.18. The van der Waals surface area contributed by atoms with Gasteiger partial charge in [-0.15, -0.1) is 0 Å². The third-order valence-electron chi connectivity index (χ3n) is 5.39. The van der Waals surface area contributed by atoms with E-state index in [4.69, 9.17) is 5.73 Å². The summed E-state index contributed by atoms with van der Waals surface area (Å²) >= 11 is 3.76. The van der Waals surface area contributed by atoms with Crippen molar-refractivity contribution in [2.24, 2.45) is 5.73 Å². The molecule has 0 saturated carbocycles. The van der Waals surface area contributed by atoms with Crippen molar-refractivity contribution in [3.05, 3.63) is 94.2 Å². The fraction of sp³-hybridized carbons (Fsp3) is 0.0417. The summed E-state index contributed by atoms with van der Waals surface area (Å²) in [6.07, 6.45) is 0. The summed E-state index contributed by atoms with van der Waals surface area (Å²) < 4.78 is 17.2. The van der Waals surface area contributed by atoms with Gasteiger partial charge in [-0.3, -0.25) is 4.79 Å². The van der Waals surface area contributed by atoms with Gasteiger partial charge in [-0.2, -0.15) is 0 Å². The molecule has 0 radical (unpaired) electrons. The van der Waals surface area contributed by atoms with Crippen molar-refractivity contribution < 1.29 is 9.18 Å². The third-order valence-corrected chi connectivity index (χ3v) is 6.33. The smallest absolute Gasteiger partial charge is 0.249 e. The van der Waals surface area contributed by atoms with Gasteiger partial charge < -0.3 is 10.3 Å². The van der Waals surface area contributed by atoms with Crippen molar-refractivity contribution in [1.29, 1.82) is 0 Å².